The van der Waals surface area contributed by atoms with E-state index >= 15 is 0 Å². The highest BCUT2D eigenvalue weighted by molar-refractivity contribution is 5.79. The van der Waals surface area contributed by atoms with Crippen molar-refractivity contribution in [3.63, 3.8) is 0 Å². The van der Waals surface area contributed by atoms with Crippen LogP contribution in [0.25, 0.3) is 0 Å². The Labute approximate surface area is 202 Å². The van der Waals surface area contributed by atoms with E-state index in [0.717, 1.165) is 86.9 Å². The van der Waals surface area contributed by atoms with Crippen molar-refractivity contribution in [2.45, 2.75) is 64.7 Å². The van der Waals surface area contributed by atoms with Crippen LogP contribution >= 0.6 is 0 Å². The molecule has 2 unspecified atom stereocenters. The van der Waals surface area contributed by atoms with Gasteiger partial charge in [-0.1, -0.05) is 31.1 Å². The quantitative estimate of drug-likeness (QED) is 0.534. The highest BCUT2D eigenvalue weighted by atomic mass is 16.5. The molecule has 2 atom stereocenters. The van der Waals surface area contributed by atoms with E-state index in [9.17, 15) is 4.79 Å². The summed E-state index contributed by atoms with van der Waals surface area (Å²) in [6.07, 6.45) is 7.65. The van der Waals surface area contributed by atoms with Crippen LogP contribution in [-0.4, -0.2) is 53.7 Å². The van der Waals surface area contributed by atoms with Crippen LogP contribution in [0.2, 0.25) is 0 Å². The number of hydrogen-bond donors (Lipinski definition) is 0. The standard InChI is InChI=1S/C27H38N4O3/c1-19(2)26-28-27(34-29-26)31-14-9-21(10-15-31)24-18-22(24)11-16-33-23-7-5-20(6-8-23)17-25(32)30-12-3-4-13-30/h5-8,19,21-22,24H,3-4,9-18H2,1-2H3. The minimum absolute atomic E-state index is 0.245. The van der Waals surface area contributed by atoms with Gasteiger partial charge in [0.25, 0.3) is 0 Å². The molecule has 3 heterocycles. The van der Waals surface area contributed by atoms with Crippen molar-refractivity contribution >= 4 is 11.9 Å². The average molecular weight is 467 g/mol. The zero-order valence-corrected chi connectivity index (χ0v) is 20.6. The lowest BCUT2D eigenvalue weighted by molar-refractivity contribution is -0.129. The molecular formula is C27H38N4O3. The van der Waals surface area contributed by atoms with E-state index in [1.165, 1.54) is 19.3 Å². The number of hydrogen-bond acceptors (Lipinski definition) is 6. The monoisotopic (exact) mass is 466 g/mol. The number of benzene rings is 1. The van der Waals surface area contributed by atoms with Gasteiger partial charge in [-0.25, -0.2) is 0 Å². The van der Waals surface area contributed by atoms with E-state index < -0.39 is 0 Å². The normalized spacial score (nSPS) is 23.0. The summed E-state index contributed by atoms with van der Waals surface area (Å²) in [6.45, 7) is 8.80. The maximum Gasteiger partial charge on any atom is 0.324 e. The third kappa shape index (κ3) is 5.56. The Kier molecular flexibility index (Phi) is 7.07. The van der Waals surface area contributed by atoms with Crippen LogP contribution in [0, 0.1) is 17.8 Å². The van der Waals surface area contributed by atoms with E-state index in [-0.39, 0.29) is 5.91 Å². The molecule has 1 aromatic carbocycles. The van der Waals surface area contributed by atoms with Crippen molar-refractivity contribution in [2.24, 2.45) is 17.8 Å². The molecule has 1 saturated carbocycles. The van der Waals surface area contributed by atoms with Crippen molar-refractivity contribution in [2.75, 3.05) is 37.7 Å². The number of carbonyl (C=O) groups is 1. The van der Waals surface area contributed by atoms with Crippen molar-refractivity contribution in [3.8, 4) is 5.75 Å². The van der Waals surface area contributed by atoms with E-state index in [1.54, 1.807) is 0 Å². The Morgan fingerprint density at radius 2 is 1.85 bits per heavy atom. The Morgan fingerprint density at radius 1 is 1.12 bits per heavy atom. The van der Waals surface area contributed by atoms with Gasteiger partial charge in [0.05, 0.1) is 13.0 Å². The number of rotatable bonds is 9. The smallest absolute Gasteiger partial charge is 0.324 e. The lowest BCUT2D eigenvalue weighted by Gasteiger charge is -2.30. The fourth-order valence-corrected chi connectivity index (χ4v) is 5.57. The first kappa shape index (κ1) is 23.2. The molecule has 7 heteroatoms. The minimum Gasteiger partial charge on any atom is -0.494 e. The van der Waals surface area contributed by atoms with Crippen LogP contribution in [0.15, 0.2) is 28.8 Å². The molecule has 2 aliphatic heterocycles. The van der Waals surface area contributed by atoms with Gasteiger partial charge in [0.2, 0.25) is 5.91 Å². The second-order valence-corrected chi connectivity index (χ2v) is 10.6. The van der Waals surface area contributed by atoms with Gasteiger partial charge in [0.15, 0.2) is 5.82 Å². The first-order valence-corrected chi connectivity index (χ1v) is 13.1. The fraction of sp³-hybridized carbons (Fsp3) is 0.667. The number of carbonyl (C=O) groups excluding carboxylic acids is 1. The summed E-state index contributed by atoms with van der Waals surface area (Å²) in [7, 11) is 0. The highest BCUT2D eigenvalue weighted by Gasteiger charge is 2.43. The van der Waals surface area contributed by atoms with Gasteiger partial charge in [0.1, 0.15) is 5.75 Å². The molecule has 0 spiro atoms. The van der Waals surface area contributed by atoms with Crippen LogP contribution in [-0.2, 0) is 11.2 Å². The zero-order chi connectivity index (χ0) is 23.5. The predicted octanol–water partition coefficient (Wildman–Crippen LogP) is 4.68. The van der Waals surface area contributed by atoms with Gasteiger partial charge in [-0.05, 0) is 74.0 Å². The van der Waals surface area contributed by atoms with Crippen LogP contribution in [0.3, 0.4) is 0 Å². The SMILES string of the molecule is CC(C)c1noc(N2CCC(C3CC3CCOc3ccc(CC(=O)N4CCCC4)cc3)CC2)n1. The molecular weight excluding hydrogens is 428 g/mol. The van der Waals surface area contributed by atoms with Crippen molar-refractivity contribution in [3.05, 3.63) is 35.7 Å². The number of nitrogens with zero attached hydrogens (tertiary/aromatic N) is 4. The van der Waals surface area contributed by atoms with Crippen LogP contribution in [0.4, 0.5) is 6.01 Å². The number of anilines is 1. The number of aromatic nitrogens is 2. The Bertz CT molecular complexity index is 943. The molecule has 0 radical (unpaired) electrons. The number of ether oxygens (including phenoxy) is 1. The molecule has 1 amide bonds. The lowest BCUT2D eigenvalue weighted by Crippen LogP contribution is -2.34. The van der Waals surface area contributed by atoms with Crippen molar-refractivity contribution < 1.29 is 14.1 Å². The molecule has 0 bridgehead atoms. The Hall–Kier alpha value is -2.57. The minimum atomic E-state index is 0.245. The third-order valence-electron chi connectivity index (χ3n) is 7.84. The maximum absolute atomic E-state index is 12.3. The first-order valence-electron chi connectivity index (χ1n) is 13.1. The number of piperidine rings is 1. The van der Waals surface area contributed by atoms with E-state index in [1.807, 2.05) is 29.2 Å². The molecule has 3 aliphatic rings. The zero-order valence-electron chi connectivity index (χ0n) is 20.6. The largest absolute Gasteiger partial charge is 0.494 e. The Balaban J connectivity index is 0.993. The summed E-state index contributed by atoms with van der Waals surface area (Å²) >= 11 is 0. The lowest BCUT2D eigenvalue weighted by atomic mass is 9.90. The number of amides is 1. The molecule has 7 nitrogen and oxygen atoms in total. The average Bonchev–Trinajstić information content (AvgIpc) is 3.23. The Morgan fingerprint density at radius 3 is 2.53 bits per heavy atom. The van der Waals surface area contributed by atoms with Gasteiger partial charge in [-0.15, -0.1) is 0 Å². The van der Waals surface area contributed by atoms with Gasteiger partial charge >= 0.3 is 6.01 Å². The molecule has 2 saturated heterocycles. The maximum atomic E-state index is 12.3. The van der Waals surface area contributed by atoms with Crippen molar-refractivity contribution in [1.82, 2.24) is 15.0 Å². The second kappa shape index (κ2) is 10.4. The van der Waals surface area contributed by atoms with Crippen LogP contribution < -0.4 is 9.64 Å². The summed E-state index contributed by atoms with van der Waals surface area (Å²) in [5.41, 5.74) is 1.07. The van der Waals surface area contributed by atoms with Crippen LogP contribution in [0.1, 0.15) is 69.7 Å². The molecule has 184 valence electrons. The summed E-state index contributed by atoms with van der Waals surface area (Å²) in [4.78, 5) is 21.1. The highest BCUT2D eigenvalue weighted by Crippen LogP contribution is 2.50. The number of likely N-dealkylation sites (tertiary alicyclic amines) is 1. The van der Waals surface area contributed by atoms with Crippen molar-refractivity contribution in [1.29, 1.82) is 0 Å². The second-order valence-electron chi connectivity index (χ2n) is 10.6. The van der Waals surface area contributed by atoms with Gasteiger partial charge in [-0.2, -0.15) is 4.98 Å². The molecule has 1 aromatic heterocycles. The van der Waals surface area contributed by atoms with Gasteiger partial charge < -0.3 is 19.1 Å². The van der Waals surface area contributed by atoms with E-state index in [2.05, 4.69) is 28.9 Å². The predicted molar refractivity (Wildman–Crippen MR) is 131 cm³/mol. The van der Waals surface area contributed by atoms with E-state index in [4.69, 9.17) is 9.26 Å². The summed E-state index contributed by atoms with van der Waals surface area (Å²) < 4.78 is 11.5. The van der Waals surface area contributed by atoms with Gasteiger partial charge in [-0.3, -0.25) is 4.79 Å². The fourth-order valence-electron chi connectivity index (χ4n) is 5.57. The van der Waals surface area contributed by atoms with E-state index in [0.29, 0.717) is 18.4 Å². The molecule has 34 heavy (non-hydrogen) atoms. The van der Waals surface area contributed by atoms with Crippen LogP contribution in [0.5, 0.6) is 5.75 Å². The topological polar surface area (TPSA) is 71.7 Å². The molecule has 5 rings (SSSR count). The van der Waals surface area contributed by atoms with Gasteiger partial charge in [0, 0.05) is 32.1 Å². The summed E-state index contributed by atoms with van der Waals surface area (Å²) in [5.74, 6) is 4.69. The summed E-state index contributed by atoms with van der Waals surface area (Å²) in [5, 5.41) is 4.10. The molecule has 2 aromatic rings. The third-order valence-corrected chi connectivity index (χ3v) is 7.84. The molecule has 1 aliphatic carbocycles. The summed E-state index contributed by atoms with van der Waals surface area (Å²) in [6, 6.07) is 8.77. The molecule has 3 fully saturated rings. The molecule has 0 N–H and O–H groups in total. The first-order chi connectivity index (χ1) is 16.6.